The van der Waals surface area contributed by atoms with E-state index >= 15 is 0 Å². The zero-order chi connectivity index (χ0) is 14.3. The smallest absolute Gasteiger partial charge is 0.208 e. The van der Waals surface area contributed by atoms with Crippen LogP contribution in [0.2, 0.25) is 0 Å². The second-order valence-electron chi connectivity index (χ2n) is 5.49. The van der Waals surface area contributed by atoms with E-state index in [1.54, 1.807) is 12.1 Å². The quantitative estimate of drug-likeness (QED) is 0.838. The van der Waals surface area contributed by atoms with Crippen LogP contribution in [0.4, 0.5) is 4.39 Å². The second-order valence-corrected chi connectivity index (χ2v) is 5.49. The third kappa shape index (κ3) is 2.36. The first kappa shape index (κ1) is 13.3. The molecular formula is C16H19FN2O. The molecule has 4 heteroatoms. The lowest BCUT2D eigenvalue weighted by Crippen LogP contribution is -2.33. The Balaban J connectivity index is 1.82. The van der Waals surface area contributed by atoms with Gasteiger partial charge in [0.15, 0.2) is 0 Å². The number of aryl methyl sites for hydroxylation is 2. The summed E-state index contributed by atoms with van der Waals surface area (Å²) in [4.78, 5) is 6.71. The Morgan fingerprint density at radius 1 is 1.40 bits per heavy atom. The molecule has 0 aliphatic carbocycles. The molecule has 2 heterocycles. The number of halogens is 1. The Hall–Kier alpha value is -1.68. The highest BCUT2D eigenvalue weighted by molar-refractivity contribution is 5.32. The summed E-state index contributed by atoms with van der Waals surface area (Å²) in [6.45, 7) is 7.61. The fourth-order valence-corrected chi connectivity index (χ4v) is 2.83. The van der Waals surface area contributed by atoms with E-state index < -0.39 is 0 Å². The van der Waals surface area contributed by atoms with Gasteiger partial charge in [0, 0.05) is 12.6 Å². The van der Waals surface area contributed by atoms with Gasteiger partial charge < -0.3 is 4.42 Å². The molecule has 20 heavy (non-hydrogen) atoms. The molecule has 0 N–H and O–H groups in total. The third-order valence-electron chi connectivity index (χ3n) is 4.19. The Bertz CT molecular complexity index is 616. The van der Waals surface area contributed by atoms with Crippen LogP contribution in [-0.4, -0.2) is 16.4 Å². The van der Waals surface area contributed by atoms with Gasteiger partial charge in [-0.25, -0.2) is 9.37 Å². The summed E-state index contributed by atoms with van der Waals surface area (Å²) in [5.41, 5.74) is 3.27. The van der Waals surface area contributed by atoms with Gasteiger partial charge in [0.25, 0.3) is 0 Å². The van der Waals surface area contributed by atoms with Crippen molar-refractivity contribution in [3.63, 3.8) is 0 Å². The fourth-order valence-electron chi connectivity index (χ4n) is 2.83. The molecule has 1 aromatic carbocycles. The monoisotopic (exact) mass is 274 g/mol. The molecule has 0 saturated carbocycles. The van der Waals surface area contributed by atoms with Gasteiger partial charge in [0.1, 0.15) is 11.6 Å². The normalized spacial score (nSPS) is 19.1. The molecular weight excluding hydrogens is 255 g/mol. The predicted molar refractivity (Wildman–Crippen MR) is 74.9 cm³/mol. The molecule has 0 bridgehead atoms. The molecule has 3 rings (SSSR count). The third-order valence-corrected chi connectivity index (χ3v) is 4.19. The number of oxazole rings is 1. The van der Waals surface area contributed by atoms with E-state index in [1.807, 2.05) is 19.9 Å². The number of hydrogen-bond donors (Lipinski definition) is 0. The molecule has 0 fully saturated rings. The fraction of sp³-hybridized carbons (Fsp3) is 0.438. The zero-order valence-electron chi connectivity index (χ0n) is 12.1. The van der Waals surface area contributed by atoms with Crippen molar-refractivity contribution in [1.82, 2.24) is 9.88 Å². The number of fused-ring (bicyclic) bond motifs is 1. The molecule has 0 unspecified atom stereocenters. The standard InChI is InChI=1S/C16H19FN2O/c1-10-12(3)20-16(18-10)9-19-7-6-13-4-5-14(17)8-15(13)11(19)2/h4-5,8,11H,6-7,9H2,1-3H3/t11-/m1/s1. The first-order valence-corrected chi connectivity index (χ1v) is 7.00. The summed E-state index contributed by atoms with van der Waals surface area (Å²) in [5.74, 6) is 1.45. The van der Waals surface area contributed by atoms with Crippen LogP contribution >= 0.6 is 0 Å². The number of nitrogens with zero attached hydrogens (tertiary/aromatic N) is 2. The van der Waals surface area contributed by atoms with Crippen molar-refractivity contribution in [2.75, 3.05) is 6.54 Å². The summed E-state index contributed by atoms with van der Waals surface area (Å²) >= 11 is 0. The van der Waals surface area contributed by atoms with E-state index in [1.165, 1.54) is 5.56 Å². The maximum Gasteiger partial charge on any atom is 0.208 e. The highest BCUT2D eigenvalue weighted by Gasteiger charge is 2.25. The van der Waals surface area contributed by atoms with Crippen molar-refractivity contribution in [1.29, 1.82) is 0 Å². The van der Waals surface area contributed by atoms with E-state index in [2.05, 4.69) is 16.8 Å². The highest BCUT2D eigenvalue weighted by atomic mass is 19.1. The molecule has 2 aromatic rings. The minimum atomic E-state index is -0.166. The largest absolute Gasteiger partial charge is 0.444 e. The molecule has 0 amide bonds. The van der Waals surface area contributed by atoms with Crippen molar-refractivity contribution in [2.45, 2.75) is 39.8 Å². The average Bonchev–Trinajstić information content (AvgIpc) is 2.72. The van der Waals surface area contributed by atoms with Gasteiger partial charge in [-0.3, -0.25) is 4.90 Å². The van der Waals surface area contributed by atoms with E-state index in [0.29, 0.717) is 6.54 Å². The van der Waals surface area contributed by atoms with E-state index in [0.717, 1.165) is 35.9 Å². The first-order valence-electron chi connectivity index (χ1n) is 7.00. The van der Waals surface area contributed by atoms with Gasteiger partial charge >= 0.3 is 0 Å². The van der Waals surface area contributed by atoms with Gasteiger partial charge in [-0.05, 0) is 50.5 Å². The van der Waals surface area contributed by atoms with E-state index in [-0.39, 0.29) is 11.9 Å². The van der Waals surface area contributed by atoms with Crippen LogP contribution in [0.3, 0.4) is 0 Å². The van der Waals surface area contributed by atoms with Crippen molar-refractivity contribution < 1.29 is 8.81 Å². The highest BCUT2D eigenvalue weighted by Crippen LogP contribution is 2.31. The number of benzene rings is 1. The number of rotatable bonds is 2. The molecule has 0 spiro atoms. The van der Waals surface area contributed by atoms with Crippen LogP contribution in [0.15, 0.2) is 22.6 Å². The molecule has 1 aromatic heterocycles. The van der Waals surface area contributed by atoms with E-state index in [9.17, 15) is 4.39 Å². The lowest BCUT2D eigenvalue weighted by atomic mass is 9.93. The molecule has 0 radical (unpaired) electrons. The molecule has 1 aliphatic heterocycles. The van der Waals surface area contributed by atoms with Gasteiger partial charge in [0.05, 0.1) is 12.2 Å². The van der Waals surface area contributed by atoms with Gasteiger partial charge in [0.2, 0.25) is 5.89 Å². The summed E-state index contributed by atoms with van der Waals surface area (Å²) in [6, 6.07) is 5.28. The summed E-state index contributed by atoms with van der Waals surface area (Å²) in [5, 5.41) is 0. The molecule has 1 aliphatic rings. The Morgan fingerprint density at radius 2 is 2.20 bits per heavy atom. The lowest BCUT2D eigenvalue weighted by molar-refractivity contribution is 0.171. The molecule has 3 nitrogen and oxygen atoms in total. The Kier molecular flexibility index (Phi) is 3.34. The predicted octanol–water partition coefficient (Wildman–Crippen LogP) is 3.55. The molecule has 1 atom stereocenters. The maximum atomic E-state index is 13.4. The van der Waals surface area contributed by atoms with Crippen molar-refractivity contribution in [2.24, 2.45) is 0 Å². The van der Waals surface area contributed by atoms with Crippen LogP contribution in [0, 0.1) is 19.7 Å². The molecule has 106 valence electrons. The summed E-state index contributed by atoms with van der Waals surface area (Å²) in [7, 11) is 0. The number of hydrogen-bond acceptors (Lipinski definition) is 3. The topological polar surface area (TPSA) is 29.3 Å². The Morgan fingerprint density at radius 3 is 2.90 bits per heavy atom. The number of aromatic nitrogens is 1. The lowest BCUT2D eigenvalue weighted by Gasteiger charge is -2.34. The van der Waals surface area contributed by atoms with Crippen molar-refractivity contribution in [3.8, 4) is 0 Å². The second kappa shape index (κ2) is 5.02. The minimum absolute atomic E-state index is 0.166. The minimum Gasteiger partial charge on any atom is -0.444 e. The first-order chi connectivity index (χ1) is 9.54. The summed E-state index contributed by atoms with van der Waals surface area (Å²) < 4.78 is 19.1. The summed E-state index contributed by atoms with van der Waals surface area (Å²) in [6.07, 6.45) is 0.943. The van der Waals surface area contributed by atoms with Gasteiger partial charge in [-0.15, -0.1) is 0 Å². The van der Waals surface area contributed by atoms with Crippen LogP contribution in [-0.2, 0) is 13.0 Å². The SMILES string of the molecule is Cc1nc(CN2CCc3ccc(F)cc3[C@H]2C)oc1C. The zero-order valence-corrected chi connectivity index (χ0v) is 12.1. The van der Waals surface area contributed by atoms with Crippen molar-refractivity contribution >= 4 is 0 Å². The van der Waals surface area contributed by atoms with E-state index in [4.69, 9.17) is 4.42 Å². The van der Waals surface area contributed by atoms with Crippen LogP contribution in [0.1, 0.15) is 41.4 Å². The van der Waals surface area contributed by atoms with Crippen molar-refractivity contribution in [3.05, 3.63) is 52.5 Å². The van der Waals surface area contributed by atoms with Gasteiger partial charge in [-0.1, -0.05) is 6.07 Å². The average molecular weight is 274 g/mol. The molecule has 0 saturated heterocycles. The van der Waals surface area contributed by atoms with Crippen LogP contribution in [0.5, 0.6) is 0 Å². The van der Waals surface area contributed by atoms with Crippen LogP contribution < -0.4 is 0 Å². The Labute approximate surface area is 118 Å². The maximum absolute atomic E-state index is 13.4. The van der Waals surface area contributed by atoms with Crippen LogP contribution in [0.25, 0.3) is 0 Å². The van der Waals surface area contributed by atoms with Gasteiger partial charge in [-0.2, -0.15) is 0 Å².